The normalized spacial score (nSPS) is 13.6. The molecule has 0 aliphatic heterocycles. The van der Waals surface area contributed by atoms with Crippen molar-refractivity contribution in [1.82, 2.24) is 10.0 Å². The lowest BCUT2D eigenvalue weighted by molar-refractivity contribution is 0.133. The summed E-state index contributed by atoms with van der Waals surface area (Å²) in [5.74, 6) is 0. The third kappa shape index (κ3) is 4.82. The highest BCUT2D eigenvalue weighted by Crippen LogP contribution is 2.26. The third-order valence-electron chi connectivity index (χ3n) is 2.72. The number of hydrogen-bond donors (Lipinski definition) is 2. The average molecular weight is 320 g/mol. The Bertz CT molecular complexity index is 512. The Hall–Kier alpha value is -0.470. The van der Waals surface area contributed by atoms with Crippen molar-refractivity contribution in [3.63, 3.8) is 0 Å². The van der Waals surface area contributed by atoms with Gasteiger partial charge in [0.25, 0.3) is 0 Å². The lowest BCUT2D eigenvalue weighted by Gasteiger charge is -2.15. The molecule has 0 bridgehead atoms. The van der Waals surface area contributed by atoms with Crippen molar-refractivity contribution >= 4 is 21.4 Å². The molecule has 2 N–H and O–H groups in total. The van der Waals surface area contributed by atoms with E-state index in [1.165, 1.54) is 11.3 Å². The molecule has 1 unspecified atom stereocenters. The van der Waals surface area contributed by atoms with Crippen LogP contribution in [0.1, 0.15) is 31.2 Å². The summed E-state index contributed by atoms with van der Waals surface area (Å²) in [5, 5.41) is 5.05. The van der Waals surface area contributed by atoms with E-state index < -0.39 is 10.0 Å². The molecule has 1 atom stereocenters. The van der Waals surface area contributed by atoms with E-state index in [2.05, 4.69) is 10.0 Å². The summed E-state index contributed by atoms with van der Waals surface area (Å²) in [5.41, 5.74) is 0.791. The SMILES string of the molecule is CCNCc1scc(C)c1S(=O)(=O)NC(C)COCC. The summed E-state index contributed by atoms with van der Waals surface area (Å²) < 4.78 is 32.9. The number of nitrogens with one attached hydrogen (secondary N) is 2. The maximum atomic E-state index is 12.5. The van der Waals surface area contributed by atoms with Gasteiger partial charge in [0.05, 0.1) is 6.61 Å². The van der Waals surface area contributed by atoms with E-state index in [0.717, 1.165) is 17.0 Å². The molecular formula is C13H24N2O3S2. The van der Waals surface area contributed by atoms with Gasteiger partial charge in [0, 0.05) is 24.1 Å². The van der Waals surface area contributed by atoms with E-state index in [9.17, 15) is 8.42 Å². The molecule has 0 saturated carbocycles. The van der Waals surface area contributed by atoms with Crippen molar-refractivity contribution in [2.75, 3.05) is 19.8 Å². The predicted octanol–water partition coefficient (Wildman–Crippen LogP) is 1.87. The molecule has 20 heavy (non-hydrogen) atoms. The molecule has 0 radical (unpaired) electrons. The number of rotatable bonds is 9. The number of ether oxygens (including phenoxy) is 1. The Morgan fingerprint density at radius 1 is 1.40 bits per heavy atom. The Morgan fingerprint density at radius 3 is 2.70 bits per heavy atom. The minimum atomic E-state index is -3.50. The molecule has 1 heterocycles. The van der Waals surface area contributed by atoms with Crippen molar-refractivity contribution < 1.29 is 13.2 Å². The topological polar surface area (TPSA) is 67.4 Å². The third-order valence-corrected chi connectivity index (χ3v) is 5.77. The molecule has 7 heteroatoms. The zero-order valence-electron chi connectivity index (χ0n) is 12.5. The van der Waals surface area contributed by atoms with Crippen LogP contribution in [0.5, 0.6) is 0 Å². The number of sulfonamides is 1. The molecule has 0 fully saturated rings. The van der Waals surface area contributed by atoms with Gasteiger partial charge in [-0.1, -0.05) is 6.92 Å². The first-order valence-electron chi connectivity index (χ1n) is 6.80. The number of aryl methyl sites for hydroxylation is 1. The average Bonchev–Trinajstić information content (AvgIpc) is 2.75. The van der Waals surface area contributed by atoms with Gasteiger partial charge in [0.1, 0.15) is 4.90 Å². The van der Waals surface area contributed by atoms with Gasteiger partial charge >= 0.3 is 0 Å². The van der Waals surface area contributed by atoms with Crippen LogP contribution in [0.4, 0.5) is 0 Å². The van der Waals surface area contributed by atoms with E-state index >= 15 is 0 Å². The van der Waals surface area contributed by atoms with Crippen LogP contribution < -0.4 is 10.0 Å². The standard InChI is InChI=1S/C13H24N2O3S2/c1-5-14-7-12-13(10(3)9-19-12)20(16,17)15-11(4)8-18-6-2/h9,11,14-15H,5-8H2,1-4H3. The fraction of sp³-hybridized carbons (Fsp3) is 0.692. The predicted molar refractivity (Wildman–Crippen MR) is 82.7 cm³/mol. The molecule has 0 aliphatic carbocycles. The highest BCUT2D eigenvalue weighted by atomic mass is 32.2. The maximum absolute atomic E-state index is 12.5. The summed E-state index contributed by atoms with van der Waals surface area (Å²) in [6.07, 6.45) is 0. The highest BCUT2D eigenvalue weighted by Gasteiger charge is 2.24. The maximum Gasteiger partial charge on any atom is 0.242 e. The van der Waals surface area contributed by atoms with E-state index in [1.54, 1.807) is 6.92 Å². The van der Waals surface area contributed by atoms with Crippen molar-refractivity contribution in [2.24, 2.45) is 0 Å². The smallest absolute Gasteiger partial charge is 0.242 e. The molecule has 116 valence electrons. The van der Waals surface area contributed by atoms with Crippen molar-refractivity contribution in [3.05, 3.63) is 15.8 Å². The van der Waals surface area contributed by atoms with Crippen LogP contribution in [-0.4, -0.2) is 34.2 Å². The Labute approximate surface area is 125 Å². The first-order chi connectivity index (χ1) is 9.42. The largest absolute Gasteiger partial charge is 0.380 e. The van der Waals surface area contributed by atoms with Crippen LogP contribution >= 0.6 is 11.3 Å². The molecule has 0 amide bonds. The van der Waals surface area contributed by atoms with Gasteiger partial charge in [-0.15, -0.1) is 11.3 Å². The Balaban J connectivity index is 2.88. The molecule has 0 saturated heterocycles. The zero-order chi connectivity index (χ0) is 15.2. The fourth-order valence-electron chi connectivity index (χ4n) is 1.86. The summed E-state index contributed by atoms with van der Waals surface area (Å²) in [4.78, 5) is 1.26. The molecule has 5 nitrogen and oxygen atoms in total. The molecule has 0 aromatic carbocycles. The second-order valence-corrected chi connectivity index (χ2v) is 7.25. The van der Waals surface area contributed by atoms with E-state index in [-0.39, 0.29) is 6.04 Å². The van der Waals surface area contributed by atoms with Crippen molar-refractivity contribution in [1.29, 1.82) is 0 Å². The van der Waals surface area contributed by atoms with Gasteiger partial charge in [0.2, 0.25) is 10.0 Å². The van der Waals surface area contributed by atoms with Crippen LogP contribution in [0.2, 0.25) is 0 Å². The molecule has 1 rings (SSSR count). The minimum absolute atomic E-state index is 0.244. The molecule has 1 aromatic heterocycles. The van der Waals surface area contributed by atoms with Gasteiger partial charge in [-0.2, -0.15) is 0 Å². The van der Waals surface area contributed by atoms with Gasteiger partial charge in [-0.3, -0.25) is 0 Å². The van der Waals surface area contributed by atoms with Gasteiger partial charge in [0.15, 0.2) is 0 Å². The van der Waals surface area contributed by atoms with Gasteiger partial charge in [-0.05, 0) is 38.3 Å². The van der Waals surface area contributed by atoms with Crippen LogP contribution in [-0.2, 0) is 21.3 Å². The quantitative estimate of drug-likeness (QED) is 0.729. The first-order valence-corrected chi connectivity index (χ1v) is 9.16. The van der Waals surface area contributed by atoms with Crippen molar-refractivity contribution in [3.8, 4) is 0 Å². The monoisotopic (exact) mass is 320 g/mol. The number of hydrogen-bond acceptors (Lipinski definition) is 5. The highest BCUT2D eigenvalue weighted by molar-refractivity contribution is 7.89. The first kappa shape index (κ1) is 17.6. The zero-order valence-corrected chi connectivity index (χ0v) is 14.2. The van der Waals surface area contributed by atoms with Gasteiger partial charge < -0.3 is 10.1 Å². The van der Waals surface area contributed by atoms with Crippen LogP contribution in [0.25, 0.3) is 0 Å². The van der Waals surface area contributed by atoms with Crippen LogP contribution in [0.3, 0.4) is 0 Å². The molecule has 0 aliphatic rings. The summed E-state index contributed by atoms with van der Waals surface area (Å²) >= 11 is 1.48. The van der Waals surface area contributed by atoms with Crippen LogP contribution in [0.15, 0.2) is 10.3 Å². The van der Waals surface area contributed by atoms with Crippen LogP contribution in [0, 0.1) is 6.92 Å². The molecular weight excluding hydrogens is 296 g/mol. The van der Waals surface area contributed by atoms with E-state index in [1.807, 2.05) is 26.2 Å². The second kappa shape index (κ2) is 8.09. The Kier molecular flexibility index (Phi) is 7.11. The lowest BCUT2D eigenvalue weighted by Crippen LogP contribution is -2.36. The second-order valence-electron chi connectivity index (χ2n) is 4.63. The summed E-state index contributed by atoms with van der Waals surface area (Å²) in [6.45, 7) is 9.86. The summed E-state index contributed by atoms with van der Waals surface area (Å²) in [6, 6.07) is -0.244. The number of thiophene rings is 1. The summed E-state index contributed by atoms with van der Waals surface area (Å²) in [7, 11) is -3.50. The minimum Gasteiger partial charge on any atom is -0.380 e. The lowest BCUT2D eigenvalue weighted by atomic mass is 10.3. The van der Waals surface area contributed by atoms with Gasteiger partial charge in [-0.25, -0.2) is 13.1 Å². The van der Waals surface area contributed by atoms with E-state index in [4.69, 9.17) is 4.74 Å². The Morgan fingerprint density at radius 2 is 2.10 bits per heavy atom. The van der Waals surface area contributed by atoms with Crippen molar-refractivity contribution in [2.45, 2.75) is 45.2 Å². The molecule has 0 spiro atoms. The fourth-order valence-corrected chi connectivity index (χ4v) is 4.87. The van der Waals surface area contributed by atoms with E-state index in [0.29, 0.717) is 24.7 Å². The molecule has 1 aromatic rings.